The summed E-state index contributed by atoms with van der Waals surface area (Å²) in [4.78, 5) is 9.09. The molecule has 1 heterocycles. The topological polar surface area (TPSA) is 59.1 Å². The Morgan fingerprint density at radius 3 is 2.50 bits per heavy atom. The molecule has 0 spiro atoms. The van der Waals surface area contributed by atoms with E-state index in [-0.39, 0.29) is 0 Å². The van der Waals surface area contributed by atoms with E-state index in [1.807, 2.05) is 25.1 Å². The van der Waals surface area contributed by atoms with Gasteiger partial charge < -0.3 is 15.4 Å². The van der Waals surface area contributed by atoms with Gasteiger partial charge in [0.15, 0.2) is 0 Å². The van der Waals surface area contributed by atoms with Gasteiger partial charge in [0.05, 0.1) is 7.11 Å². The van der Waals surface area contributed by atoms with Crippen LogP contribution in [-0.2, 0) is 6.42 Å². The average molecular weight is 377 g/mol. The first-order valence-corrected chi connectivity index (χ1v) is 9.63. The molecule has 28 heavy (non-hydrogen) atoms. The first kappa shape index (κ1) is 19.7. The second-order valence-electron chi connectivity index (χ2n) is 7.15. The second-order valence-corrected chi connectivity index (χ2v) is 7.15. The van der Waals surface area contributed by atoms with Crippen LogP contribution in [-0.4, -0.2) is 23.6 Å². The number of hydrogen-bond donors (Lipinski definition) is 2. The maximum atomic E-state index is 5.28. The minimum absolute atomic E-state index is 0.518. The third kappa shape index (κ3) is 5.46. The minimum atomic E-state index is 0.518. The van der Waals surface area contributed by atoms with Gasteiger partial charge in [-0.3, -0.25) is 0 Å². The fourth-order valence-corrected chi connectivity index (χ4v) is 2.96. The minimum Gasteiger partial charge on any atom is -0.497 e. The van der Waals surface area contributed by atoms with Crippen LogP contribution in [0.4, 0.5) is 17.5 Å². The monoisotopic (exact) mass is 376 g/mol. The van der Waals surface area contributed by atoms with Crippen LogP contribution in [0.3, 0.4) is 0 Å². The molecule has 0 fully saturated rings. The van der Waals surface area contributed by atoms with Crippen molar-refractivity contribution in [2.75, 3.05) is 24.3 Å². The van der Waals surface area contributed by atoms with Crippen molar-refractivity contribution >= 4 is 17.5 Å². The van der Waals surface area contributed by atoms with Crippen LogP contribution in [0.25, 0.3) is 0 Å². The zero-order valence-electron chi connectivity index (χ0n) is 17.0. The second kappa shape index (κ2) is 9.22. The summed E-state index contributed by atoms with van der Waals surface area (Å²) in [5.74, 6) is 2.81. The summed E-state index contributed by atoms with van der Waals surface area (Å²) in [6, 6.07) is 18.5. The standard InChI is InChI=1S/C23H28N4O/c1-16(2)19-8-10-20(11-9-19)26-23-25-17(3)14-22(27-23)24-13-12-18-6-5-7-21(15-18)28-4/h5-11,14-16H,12-13H2,1-4H3,(H2,24,25,26,27). The maximum Gasteiger partial charge on any atom is 0.229 e. The molecular weight excluding hydrogens is 348 g/mol. The van der Waals surface area contributed by atoms with Crippen molar-refractivity contribution in [1.29, 1.82) is 0 Å². The predicted octanol–water partition coefficient (Wildman–Crippen LogP) is 5.32. The summed E-state index contributed by atoms with van der Waals surface area (Å²) in [5.41, 5.74) is 4.44. The van der Waals surface area contributed by atoms with Gasteiger partial charge >= 0.3 is 0 Å². The van der Waals surface area contributed by atoms with Gasteiger partial charge in [0, 0.05) is 24.0 Å². The van der Waals surface area contributed by atoms with Gasteiger partial charge in [0.2, 0.25) is 5.95 Å². The van der Waals surface area contributed by atoms with Crippen molar-refractivity contribution in [3.8, 4) is 5.75 Å². The highest BCUT2D eigenvalue weighted by Crippen LogP contribution is 2.20. The Morgan fingerprint density at radius 1 is 1.00 bits per heavy atom. The lowest BCUT2D eigenvalue weighted by molar-refractivity contribution is 0.414. The molecule has 0 aliphatic carbocycles. The Bertz CT molecular complexity index is 907. The van der Waals surface area contributed by atoms with Crippen LogP contribution >= 0.6 is 0 Å². The van der Waals surface area contributed by atoms with Crippen LogP contribution < -0.4 is 15.4 Å². The van der Waals surface area contributed by atoms with Crippen molar-refractivity contribution in [2.45, 2.75) is 33.1 Å². The largest absolute Gasteiger partial charge is 0.497 e. The van der Waals surface area contributed by atoms with Gasteiger partial charge in [-0.15, -0.1) is 0 Å². The summed E-state index contributed by atoms with van der Waals surface area (Å²) >= 11 is 0. The third-order valence-electron chi connectivity index (χ3n) is 4.54. The Hall–Kier alpha value is -3.08. The Balaban J connectivity index is 1.62. The molecule has 1 aromatic heterocycles. The van der Waals surface area contributed by atoms with Crippen molar-refractivity contribution in [2.24, 2.45) is 0 Å². The number of aryl methyl sites for hydroxylation is 1. The molecule has 0 atom stereocenters. The van der Waals surface area contributed by atoms with Crippen LogP contribution in [0, 0.1) is 6.92 Å². The molecule has 2 N–H and O–H groups in total. The summed E-state index contributed by atoms with van der Waals surface area (Å²) in [6.07, 6.45) is 0.889. The number of aromatic nitrogens is 2. The van der Waals surface area contributed by atoms with E-state index in [9.17, 15) is 0 Å². The van der Waals surface area contributed by atoms with Gasteiger partial charge in [0.1, 0.15) is 11.6 Å². The fourth-order valence-electron chi connectivity index (χ4n) is 2.96. The Labute approximate surface area is 167 Å². The highest BCUT2D eigenvalue weighted by Gasteiger charge is 2.05. The molecule has 0 radical (unpaired) electrons. The van der Waals surface area contributed by atoms with E-state index >= 15 is 0 Å². The van der Waals surface area contributed by atoms with Gasteiger partial charge in [-0.25, -0.2) is 4.98 Å². The smallest absolute Gasteiger partial charge is 0.229 e. The molecule has 0 amide bonds. The summed E-state index contributed by atoms with van der Waals surface area (Å²) < 4.78 is 5.28. The van der Waals surface area contributed by atoms with Crippen molar-refractivity contribution < 1.29 is 4.74 Å². The van der Waals surface area contributed by atoms with Crippen LogP contribution in [0.2, 0.25) is 0 Å². The number of ether oxygens (including phenoxy) is 1. The fraction of sp³-hybridized carbons (Fsp3) is 0.304. The van der Waals surface area contributed by atoms with Gasteiger partial charge in [-0.05, 0) is 54.7 Å². The van der Waals surface area contributed by atoms with Crippen LogP contribution in [0.1, 0.15) is 36.6 Å². The summed E-state index contributed by atoms with van der Waals surface area (Å²) in [5, 5.41) is 6.69. The van der Waals surface area contributed by atoms with Crippen molar-refractivity contribution in [3.63, 3.8) is 0 Å². The van der Waals surface area contributed by atoms with Crippen LogP contribution in [0.15, 0.2) is 54.6 Å². The molecule has 5 nitrogen and oxygen atoms in total. The average Bonchev–Trinajstić information content (AvgIpc) is 2.68. The molecule has 0 aliphatic heterocycles. The SMILES string of the molecule is COc1cccc(CCNc2cc(C)nc(Nc3ccc(C(C)C)cc3)n2)c1. The molecule has 3 rings (SSSR count). The van der Waals surface area contributed by atoms with E-state index < -0.39 is 0 Å². The van der Waals surface area contributed by atoms with Gasteiger partial charge in [-0.2, -0.15) is 4.98 Å². The predicted molar refractivity (Wildman–Crippen MR) is 116 cm³/mol. The van der Waals surface area contributed by atoms with E-state index in [0.29, 0.717) is 11.9 Å². The summed E-state index contributed by atoms with van der Waals surface area (Å²) in [6.45, 7) is 7.14. The number of nitrogens with one attached hydrogen (secondary N) is 2. The summed E-state index contributed by atoms with van der Waals surface area (Å²) in [7, 11) is 1.69. The van der Waals surface area contributed by atoms with E-state index in [4.69, 9.17) is 4.74 Å². The lowest BCUT2D eigenvalue weighted by atomic mass is 10.0. The Morgan fingerprint density at radius 2 is 1.79 bits per heavy atom. The number of hydrogen-bond acceptors (Lipinski definition) is 5. The number of rotatable bonds is 8. The molecule has 3 aromatic rings. The lowest BCUT2D eigenvalue weighted by Crippen LogP contribution is -2.09. The van der Waals surface area contributed by atoms with Crippen molar-refractivity contribution in [1.82, 2.24) is 9.97 Å². The Kier molecular flexibility index (Phi) is 6.48. The normalized spacial score (nSPS) is 10.8. The lowest BCUT2D eigenvalue weighted by Gasteiger charge is -2.11. The number of anilines is 3. The molecule has 0 saturated carbocycles. The highest BCUT2D eigenvalue weighted by atomic mass is 16.5. The molecule has 2 aromatic carbocycles. The van der Waals surface area contributed by atoms with Crippen molar-refractivity contribution in [3.05, 3.63) is 71.4 Å². The quantitative estimate of drug-likeness (QED) is 0.557. The van der Waals surface area contributed by atoms with Gasteiger partial charge in [-0.1, -0.05) is 38.1 Å². The number of nitrogens with zero attached hydrogens (tertiary/aromatic N) is 2. The molecule has 0 bridgehead atoms. The molecule has 0 unspecified atom stereocenters. The molecule has 0 aliphatic rings. The van der Waals surface area contributed by atoms with E-state index in [0.717, 1.165) is 35.9 Å². The molecule has 146 valence electrons. The molecule has 5 heteroatoms. The maximum absolute atomic E-state index is 5.28. The third-order valence-corrected chi connectivity index (χ3v) is 4.54. The van der Waals surface area contributed by atoms with E-state index in [1.165, 1.54) is 11.1 Å². The van der Waals surface area contributed by atoms with Gasteiger partial charge in [0.25, 0.3) is 0 Å². The zero-order valence-corrected chi connectivity index (χ0v) is 17.0. The van der Waals surface area contributed by atoms with E-state index in [2.05, 4.69) is 70.8 Å². The number of methoxy groups -OCH3 is 1. The number of benzene rings is 2. The first-order chi connectivity index (χ1) is 13.5. The zero-order chi connectivity index (χ0) is 19.9. The van der Waals surface area contributed by atoms with Crippen LogP contribution in [0.5, 0.6) is 5.75 Å². The molecule has 0 saturated heterocycles. The first-order valence-electron chi connectivity index (χ1n) is 9.63. The molecular formula is C23H28N4O. The highest BCUT2D eigenvalue weighted by molar-refractivity contribution is 5.56. The van der Waals surface area contributed by atoms with E-state index in [1.54, 1.807) is 7.11 Å².